The summed E-state index contributed by atoms with van der Waals surface area (Å²) in [7, 11) is -13.1. The number of nitrogens with zero attached hydrogens (tertiary/aromatic N) is 4. The molecule has 133 heavy (non-hydrogen) atoms. The van der Waals surface area contributed by atoms with E-state index in [1.165, 1.54) is 73.9 Å². The number of hydrogen-bond acceptors (Lipinski definition) is 41. The highest BCUT2D eigenvalue weighted by Gasteiger charge is 2.46. The Balaban J connectivity index is 0.636. The third kappa shape index (κ3) is 31.8. The summed E-state index contributed by atoms with van der Waals surface area (Å²) in [5.41, 5.74) is 2.59. The summed E-state index contributed by atoms with van der Waals surface area (Å²) in [5, 5.41) is 47.0. The quantitative estimate of drug-likeness (QED) is 0.0106. The topological polar surface area (TPSA) is 628 Å². The molecule has 3 saturated heterocycles. The molecule has 3 fully saturated rings. The van der Waals surface area contributed by atoms with Crippen molar-refractivity contribution < 1.29 is 159 Å². The molecule has 5 aromatic rings. The van der Waals surface area contributed by atoms with Crippen LogP contribution in [0.15, 0.2) is 119 Å². The monoisotopic (exact) mass is 1960 g/mol. The number of phenolic OH excluding ortho intramolecular Hbond substituents is 1. The van der Waals surface area contributed by atoms with E-state index in [4.69, 9.17) is 112 Å². The lowest BCUT2D eigenvalue weighted by molar-refractivity contribution is -0.116. The van der Waals surface area contributed by atoms with Crippen LogP contribution in [0.3, 0.4) is 0 Å². The molecule has 53 heteroatoms. The molecule has 0 spiro atoms. The number of ether oxygens (including phenoxy) is 10. The summed E-state index contributed by atoms with van der Waals surface area (Å²) < 4.78 is 185. The number of rotatable bonds is 61. The number of carbonyl (C=O) groups excluding carboxylic acids is 2. The van der Waals surface area contributed by atoms with Gasteiger partial charge in [-0.25, -0.2) is 37.4 Å². The number of phosphoric acid groups is 4. The lowest BCUT2D eigenvalue weighted by Gasteiger charge is -2.24. The van der Waals surface area contributed by atoms with Crippen LogP contribution in [-0.2, 0) is 125 Å². The number of nitrogens with one attached hydrogen (secondary N) is 4. The largest absolute Gasteiger partial charge is 0.508 e. The second-order valence-electron chi connectivity index (χ2n) is 29.3. The lowest BCUT2D eigenvalue weighted by Crippen LogP contribution is -2.33. The molecule has 3 aromatic heterocycles. The van der Waals surface area contributed by atoms with Crippen molar-refractivity contribution in [2.45, 2.75) is 107 Å². The smallest absolute Gasteiger partial charge is 0.474 e. The molecule has 10 rings (SSSR count). The highest BCUT2D eigenvalue weighted by molar-refractivity contribution is 7.49. The van der Waals surface area contributed by atoms with Gasteiger partial charge >= 0.3 is 54.3 Å². The second kappa shape index (κ2) is 52.4. The van der Waals surface area contributed by atoms with Gasteiger partial charge in [-0.1, -0.05) is 12.8 Å². The zero-order valence-corrected chi connectivity index (χ0v) is 76.8. The Labute approximate surface area is 758 Å². The van der Waals surface area contributed by atoms with Crippen LogP contribution < -0.4 is 50.0 Å². The number of aromatic hydroxyl groups is 1. The van der Waals surface area contributed by atoms with Crippen molar-refractivity contribution in [2.24, 2.45) is 0 Å². The number of amides is 2. The minimum atomic E-state index is -4.58. The van der Waals surface area contributed by atoms with Gasteiger partial charge in [0.05, 0.1) is 156 Å². The van der Waals surface area contributed by atoms with Gasteiger partial charge in [-0.3, -0.25) is 102 Å². The predicted octanol–water partition coefficient (Wildman–Crippen LogP) is 4.86. The Morgan fingerprint density at radius 3 is 1.57 bits per heavy atom. The van der Waals surface area contributed by atoms with Gasteiger partial charge in [0.1, 0.15) is 72.1 Å². The highest BCUT2D eigenvalue weighted by atomic mass is 31.2. The van der Waals surface area contributed by atoms with Crippen LogP contribution in [0.5, 0.6) is 5.75 Å². The number of benzene rings is 3. The number of unbranched alkanes of at least 4 members (excludes halogenated alkanes) is 3. The number of nitrogen functional groups attached to an aromatic ring is 1. The van der Waals surface area contributed by atoms with E-state index in [0.717, 1.165) is 60.5 Å². The Morgan fingerprint density at radius 2 is 1.04 bits per heavy atom. The molecule has 4 unspecified atom stereocenters. The number of phenols is 1. The number of carboxylic acid groups (broad SMARTS) is 1. The molecule has 734 valence electrons. The summed E-state index contributed by atoms with van der Waals surface area (Å²) in [6, 6.07) is 13.9. The molecular formula is C80H109N9O40P4. The van der Waals surface area contributed by atoms with Gasteiger partial charge in [0.15, 0.2) is 5.43 Å². The van der Waals surface area contributed by atoms with Crippen molar-refractivity contribution in [2.75, 3.05) is 186 Å². The first-order chi connectivity index (χ1) is 63.9. The number of aryl methyl sites for hydroxylation is 1. The number of H-pyrrole nitrogens is 2. The maximum absolute atomic E-state index is 14.2. The average Bonchev–Trinajstić information content (AvgIpc) is 1.53. The number of anilines is 1. The number of aliphatic hydroxyl groups is 2. The molecule has 7 heterocycles. The number of phosphoric ester groups is 4. The molecule has 10 N–H and O–H groups in total. The fourth-order valence-electron chi connectivity index (χ4n) is 13.5. The van der Waals surface area contributed by atoms with Crippen LogP contribution in [0.2, 0.25) is 0 Å². The first-order valence-corrected chi connectivity index (χ1v) is 47.7. The van der Waals surface area contributed by atoms with Crippen molar-refractivity contribution in [1.29, 1.82) is 0 Å². The van der Waals surface area contributed by atoms with E-state index in [1.54, 1.807) is 6.07 Å². The average molecular weight is 1960 g/mol. The zero-order valence-electron chi connectivity index (χ0n) is 73.2. The Hall–Kier alpha value is -8.92. The van der Waals surface area contributed by atoms with Crippen molar-refractivity contribution in [3.05, 3.63) is 170 Å². The summed E-state index contributed by atoms with van der Waals surface area (Å²) in [5.74, 6) is -2.33. The molecule has 13 atom stereocenters. The molecule has 2 aromatic carbocycles. The van der Waals surface area contributed by atoms with Crippen molar-refractivity contribution >= 4 is 71.9 Å². The maximum atomic E-state index is 14.2. The molecule has 1 aliphatic carbocycles. The van der Waals surface area contributed by atoms with Gasteiger partial charge in [0, 0.05) is 125 Å². The van der Waals surface area contributed by atoms with E-state index in [2.05, 4.69) is 25.6 Å². The molecule has 5 aliphatic rings. The number of aromatic amines is 2. The fraction of sp³-hybridized carbons (Fsp3) is 0.550. The third-order valence-electron chi connectivity index (χ3n) is 20.2. The van der Waals surface area contributed by atoms with E-state index in [9.17, 15) is 81.8 Å². The molecule has 2 amide bonds. The van der Waals surface area contributed by atoms with Gasteiger partial charge in [0.2, 0.25) is 5.91 Å². The summed E-state index contributed by atoms with van der Waals surface area (Å²) >= 11 is 0. The molecule has 49 nitrogen and oxygen atoms in total. The number of hydrogen-bond donors (Lipinski definition) is 9. The van der Waals surface area contributed by atoms with Crippen LogP contribution in [-0.4, -0.2) is 284 Å². The molecule has 0 radical (unpaired) electrons. The summed E-state index contributed by atoms with van der Waals surface area (Å²) in [4.78, 5) is 123. The van der Waals surface area contributed by atoms with Gasteiger partial charge in [-0.05, 0) is 79.9 Å². The lowest BCUT2D eigenvalue weighted by atomic mass is 9.89. The van der Waals surface area contributed by atoms with E-state index < -0.39 is 159 Å². The fourth-order valence-corrected chi connectivity index (χ4v) is 17.5. The Bertz CT molecular complexity index is 5580. The van der Waals surface area contributed by atoms with E-state index in [1.807, 2.05) is 0 Å². The van der Waals surface area contributed by atoms with Crippen LogP contribution in [0, 0.1) is 6.92 Å². The number of aromatic carboxylic acids is 1. The highest BCUT2D eigenvalue weighted by Crippen LogP contribution is 2.56. The van der Waals surface area contributed by atoms with Crippen molar-refractivity contribution in [1.82, 2.24) is 39.3 Å². The van der Waals surface area contributed by atoms with Crippen LogP contribution in [0.25, 0.3) is 39.5 Å². The molecule has 0 bridgehead atoms. The zero-order chi connectivity index (χ0) is 95.7. The number of nitrogens with two attached hydrogens (primary N) is 1. The van der Waals surface area contributed by atoms with E-state index >= 15 is 0 Å². The number of carbonyl (C=O) groups is 3. The van der Waals surface area contributed by atoms with E-state index in [-0.39, 0.29) is 201 Å². The number of aromatic nitrogens is 6. The van der Waals surface area contributed by atoms with Crippen molar-refractivity contribution in [3.63, 3.8) is 0 Å². The Kier molecular flexibility index (Phi) is 41.8. The van der Waals surface area contributed by atoms with Gasteiger partial charge in [-0.2, -0.15) is 4.98 Å². The predicted molar refractivity (Wildman–Crippen MR) is 465 cm³/mol. The maximum Gasteiger partial charge on any atom is 0.474 e. The van der Waals surface area contributed by atoms with Gasteiger partial charge < -0.3 is 88.6 Å². The number of carboxylic acids is 1. The second-order valence-corrected chi connectivity index (χ2v) is 36.3. The van der Waals surface area contributed by atoms with Crippen LogP contribution in [0.1, 0.15) is 95.5 Å². The third-order valence-corrected chi connectivity index (χ3v) is 26.0. The van der Waals surface area contributed by atoms with Crippen LogP contribution in [0.4, 0.5) is 5.82 Å². The first kappa shape index (κ1) is 106. The van der Waals surface area contributed by atoms with Crippen LogP contribution >= 0.6 is 31.3 Å². The minimum Gasteiger partial charge on any atom is -0.508 e. The van der Waals surface area contributed by atoms with Crippen molar-refractivity contribution in [3.8, 4) is 28.2 Å². The number of fused-ring (bicyclic) bond motifs is 2. The Morgan fingerprint density at radius 1 is 0.549 bits per heavy atom. The van der Waals surface area contributed by atoms with Gasteiger partial charge in [0.25, 0.3) is 17.0 Å². The minimum absolute atomic E-state index is 0.00196. The standard InChI is InChI=1S/C80H109N9O40P4/c1-51-46-88(79(101)85-74(51)95)71-44-63(65(48-90)125-71)128-132(105,109-4)120-38-34-116-29-27-113-25-23-111-22-24-112-26-28-114-33-37-119-131(104,108-3)123-50-67-64(129-133(106,110-5)121-39-35-117-31-30-115-32-36-118-130(103,107-2)122-49-66-60(93)43-70(126-66)87-21-18-68(81)84-78(87)100)45-72(127-67)89-47-53(76(97)86-80(89)102)11-17-69(94)82-19-8-6-7-9-20-83-75(96)52-10-14-56(77(98)99)59(40-52)73-57-15-12-54(91)41-61(57)124-62-42-55(92)13-16-58(62)73/h10-18,21,40-42,46-47,60,63-67,70-72,90-91,93H,6-9,19-20,22-39,43-45,48-50H2,1-5H3,(H,82,94)(H,83,96)(H,98,99)(H2,81,84,100)(H,85,95,101)(H,86,97,102)/t60-,63-,64-,65-,66-,67-,70-,71-,72-,130?,131?,132?,133?/m1/s1. The molecule has 4 aliphatic heterocycles. The first-order valence-electron chi connectivity index (χ1n) is 41.9. The molecular weight excluding hydrogens is 1850 g/mol. The molecule has 0 saturated carbocycles. The van der Waals surface area contributed by atoms with Gasteiger partial charge in [-0.15, -0.1) is 0 Å². The summed E-state index contributed by atoms with van der Waals surface area (Å²) in [6.45, 7) is -0.0107. The number of aliphatic hydroxyl groups excluding tert-OH is 2. The normalized spacial score (nSPS) is 20.5. The van der Waals surface area contributed by atoms with E-state index in [0.29, 0.717) is 42.2 Å². The SMILES string of the molecule is COP(=O)(OCCOCCOCCOP(=O)(OC)O[C@@H]1C[C@H](n2cc(C=CC(=O)NCCCCCCNC(=O)c3ccc(C(=O)O)c(-c4c5ccc(=O)cc-5oc5cc(O)ccc45)c3)c(=O)[nH]c2=O)O[C@@H]1COP(=O)(OC)OCCOCCOCCOCCOCCOCCOP(=O)(OC)O[C@@H]1C[C@H](n2cc(C)c(=O)[nH]c2=O)O[C@@H]1CO)OC[C@H]1O[C@@H](n2ccc(N)nc2=O)C[C@H]1O. The summed E-state index contributed by atoms with van der Waals surface area (Å²) in [6.07, 6.45) is -2.09.